The number of anilines is 3. The number of carbonyl (C=O) groups is 2. The van der Waals surface area contributed by atoms with Crippen LogP contribution in [0.25, 0.3) is 0 Å². The summed E-state index contributed by atoms with van der Waals surface area (Å²) in [6, 6.07) is 7.59. The number of nitrogens with zero attached hydrogens (tertiary/aromatic N) is 2. The van der Waals surface area contributed by atoms with Gasteiger partial charge in [0, 0.05) is 22.8 Å². The number of hydrogen-bond donors (Lipinski definition) is 3. The van der Waals surface area contributed by atoms with Crippen molar-refractivity contribution in [1.29, 1.82) is 0 Å². The molecule has 3 aromatic rings. The highest BCUT2D eigenvalue weighted by molar-refractivity contribution is 7.09. The van der Waals surface area contributed by atoms with Crippen LogP contribution in [0, 0.1) is 18.7 Å². The molecule has 1 saturated carbocycles. The highest BCUT2D eigenvalue weighted by atomic mass is 32.1. The number of nitrogens with one attached hydrogen (secondary N) is 3. The number of aromatic nitrogens is 2. The van der Waals surface area contributed by atoms with Gasteiger partial charge in [-0.15, -0.1) is 11.3 Å². The van der Waals surface area contributed by atoms with Crippen LogP contribution in [0.5, 0.6) is 0 Å². The molecule has 1 aromatic carbocycles. The van der Waals surface area contributed by atoms with E-state index in [-0.39, 0.29) is 17.5 Å². The summed E-state index contributed by atoms with van der Waals surface area (Å²) in [6.07, 6.45) is 7.61. The zero-order chi connectivity index (χ0) is 23.2. The van der Waals surface area contributed by atoms with E-state index < -0.39 is 11.9 Å². The van der Waals surface area contributed by atoms with Crippen LogP contribution in [-0.2, 0) is 4.79 Å². The zero-order valence-corrected chi connectivity index (χ0v) is 19.1. The summed E-state index contributed by atoms with van der Waals surface area (Å²) in [5.41, 5.74) is 1.20. The molecule has 0 bridgehead atoms. The van der Waals surface area contributed by atoms with Crippen LogP contribution in [0.2, 0.25) is 0 Å². The van der Waals surface area contributed by atoms with E-state index >= 15 is 0 Å². The van der Waals surface area contributed by atoms with Crippen molar-refractivity contribution in [3.05, 3.63) is 64.5 Å². The summed E-state index contributed by atoms with van der Waals surface area (Å²) in [7, 11) is 0. The van der Waals surface area contributed by atoms with Gasteiger partial charge in [0.15, 0.2) is 5.82 Å². The molecule has 9 heteroatoms. The third-order valence-electron chi connectivity index (χ3n) is 5.71. The maximum Gasteiger partial charge on any atom is 0.252 e. The molecule has 172 valence electrons. The van der Waals surface area contributed by atoms with Crippen LogP contribution in [0.1, 0.15) is 47.5 Å². The number of rotatable bonds is 8. The fourth-order valence-corrected chi connectivity index (χ4v) is 4.60. The first-order valence-electron chi connectivity index (χ1n) is 11.0. The molecule has 1 atom stereocenters. The largest absolute Gasteiger partial charge is 0.353 e. The lowest BCUT2D eigenvalue weighted by Gasteiger charge is -2.21. The maximum absolute atomic E-state index is 13.9. The number of amides is 2. The monoisotopic (exact) mass is 467 g/mol. The minimum Gasteiger partial charge on any atom is -0.353 e. The SMILES string of the molecule is Cc1nc(NC(=O)[C@H](CC2CCCC2)NC(=O)c2cccc(Nc3ccncc3F)c2)cs1. The van der Waals surface area contributed by atoms with Crippen LogP contribution in [-0.4, -0.2) is 27.8 Å². The van der Waals surface area contributed by atoms with Gasteiger partial charge in [0.05, 0.1) is 16.9 Å². The standard InChI is InChI=1S/C24H26FN5O2S/c1-15-27-22(14-33-15)30-24(32)21(11-16-5-2-3-6-16)29-23(31)17-7-4-8-18(12-17)28-20-9-10-26-13-19(20)25/h4,7-10,12-14,16,21H,2-3,5-6,11H2,1H3,(H,26,28)(H,29,31)(H,30,32)/t21-/m0/s1. The Bertz CT molecular complexity index is 1130. The van der Waals surface area contributed by atoms with Gasteiger partial charge < -0.3 is 16.0 Å². The van der Waals surface area contributed by atoms with E-state index in [4.69, 9.17) is 0 Å². The van der Waals surface area contributed by atoms with Gasteiger partial charge in [-0.05, 0) is 43.5 Å². The fourth-order valence-electron chi connectivity index (χ4n) is 4.06. The van der Waals surface area contributed by atoms with Crippen molar-refractivity contribution >= 4 is 40.3 Å². The van der Waals surface area contributed by atoms with Crippen molar-refractivity contribution in [2.24, 2.45) is 5.92 Å². The summed E-state index contributed by atoms with van der Waals surface area (Å²) in [4.78, 5) is 34.1. The molecular formula is C24H26FN5O2S. The second kappa shape index (κ2) is 10.5. The van der Waals surface area contributed by atoms with Crippen molar-refractivity contribution in [2.45, 2.75) is 45.1 Å². The molecule has 0 spiro atoms. The van der Waals surface area contributed by atoms with E-state index in [0.29, 0.717) is 29.4 Å². The van der Waals surface area contributed by atoms with E-state index in [1.54, 1.807) is 29.6 Å². The number of benzene rings is 1. The normalized spacial score (nSPS) is 14.6. The van der Waals surface area contributed by atoms with E-state index in [1.807, 2.05) is 6.92 Å². The Morgan fingerprint density at radius 2 is 2.06 bits per heavy atom. The zero-order valence-electron chi connectivity index (χ0n) is 18.3. The average Bonchev–Trinajstić information content (AvgIpc) is 3.46. The summed E-state index contributed by atoms with van der Waals surface area (Å²) in [6.45, 7) is 1.87. The lowest BCUT2D eigenvalue weighted by atomic mass is 9.97. The first-order valence-corrected chi connectivity index (χ1v) is 11.9. The third kappa shape index (κ3) is 6.13. The quantitative estimate of drug-likeness (QED) is 0.431. The van der Waals surface area contributed by atoms with Gasteiger partial charge in [0.1, 0.15) is 11.9 Å². The molecule has 3 N–H and O–H groups in total. The summed E-state index contributed by atoms with van der Waals surface area (Å²) >= 11 is 1.45. The van der Waals surface area contributed by atoms with E-state index in [9.17, 15) is 14.0 Å². The first-order chi connectivity index (χ1) is 16.0. The number of thiazole rings is 1. The number of halogens is 1. The molecule has 2 aromatic heterocycles. The Balaban J connectivity index is 1.47. The minimum absolute atomic E-state index is 0.264. The van der Waals surface area contributed by atoms with Gasteiger partial charge in [0.25, 0.3) is 5.91 Å². The van der Waals surface area contributed by atoms with E-state index in [1.165, 1.54) is 23.6 Å². The van der Waals surface area contributed by atoms with Gasteiger partial charge >= 0.3 is 0 Å². The molecule has 0 saturated heterocycles. The predicted octanol–water partition coefficient (Wildman–Crippen LogP) is 5.05. The first kappa shape index (κ1) is 22.8. The fraction of sp³-hybridized carbons (Fsp3) is 0.333. The molecule has 33 heavy (non-hydrogen) atoms. The third-order valence-corrected chi connectivity index (χ3v) is 6.49. The predicted molar refractivity (Wildman–Crippen MR) is 127 cm³/mol. The second-order valence-corrected chi connectivity index (χ2v) is 9.28. The summed E-state index contributed by atoms with van der Waals surface area (Å²) < 4.78 is 13.9. The molecule has 2 amide bonds. The molecule has 0 unspecified atom stereocenters. The minimum atomic E-state index is -0.670. The van der Waals surface area contributed by atoms with Gasteiger partial charge in [-0.25, -0.2) is 9.37 Å². The molecule has 1 aliphatic rings. The molecule has 1 aliphatic carbocycles. The number of pyridine rings is 1. The Labute approximate surface area is 195 Å². The van der Waals surface area contributed by atoms with Crippen LogP contribution < -0.4 is 16.0 Å². The van der Waals surface area contributed by atoms with Gasteiger partial charge in [-0.2, -0.15) is 0 Å². The average molecular weight is 468 g/mol. The Morgan fingerprint density at radius 1 is 1.24 bits per heavy atom. The van der Waals surface area contributed by atoms with Gasteiger partial charge in [0.2, 0.25) is 5.91 Å². The Hall–Kier alpha value is -3.33. The smallest absolute Gasteiger partial charge is 0.252 e. The van der Waals surface area contributed by atoms with Gasteiger partial charge in [-0.1, -0.05) is 31.7 Å². The van der Waals surface area contributed by atoms with Crippen molar-refractivity contribution in [3.8, 4) is 0 Å². The molecule has 0 radical (unpaired) electrons. The van der Waals surface area contributed by atoms with Crippen LogP contribution in [0.15, 0.2) is 48.1 Å². The lowest BCUT2D eigenvalue weighted by molar-refractivity contribution is -0.118. The molecule has 0 aliphatic heterocycles. The van der Waals surface area contributed by atoms with Crippen molar-refractivity contribution < 1.29 is 14.0 Å². The number of carbonyl (C=O) groups excluding carboxylic acids is 2. The number of aryl methyl sites for hydroxylation is 1. The van der Waals surface area contributed by atoms with E-state index in [0.717, 1.165) is 36.9 Å². The van der Waals surface area contributed by atoms with Crippen molar-refractivity contribution in [1.82, 2.24) is 15.3 Å². The summed E-state index contributed by atoms with van der Waals surface area (Å²) in [5, 5.41) is 11.3. The molecular weight excluding hydrogens is 441 g/mol. The Kier molecular flexibility index (Phi) is 7.29. The molecule has 2 heterocycles. The van der Waals surface area contributed by atoms with Crippen LogP contribution in [0.3, 0.4) is 0 Å². The Morgan fingerprint density at radius 3 is 2.79 bits per heavy atom. The highest BCUT2D eigenvalue weighted by Crippen LogP contribution is 2.29. The van der Waals surface area contributed by atoms with Crippen LogP contribution >= 0.6 is 11.3 Å². The van der Waals surface area contributed by atoms with E-state index in [2.05, 4.69) is 25.9 Å². The molecule has 7 nitrogen and oxygen atoms in total. The van der Waals surface area contributed by atoms with Crippen molar-refractivity contribution in [2.75, 3.05) is 10.6 Å². The topological polar surface area (TPSA) is 96.0 Å². The highest BCUT2D eigenvalue weighted by Gasteiger charge is 2.27. The van der Waals surface area contributed by atoms with Crippen molar-refractivity contribution in [3.63, 3.8) is 0 Å². The van der Waals surface area contributed by atoms with Gasteiger partial charge in [-0.3, -0.25) is 14.6 Å². The molecule has 4 rings (SSSR count). The maximum atomic E-state index is 13.9. The second-order valence-electron chi connectivity index (χ2n) is 8.21. The molecule has 1 fully saturated rings. The lowest BCUT2D eigenvalue weighted by Crippen LogP contribution is -2.44. The number of hydrogen-bond acceptors (Lipinski definition) is 6. The van der Waals surface area contributed by atoms with Crippen LogP contribution in [0.4, 0.5) is 21.6 Å². The summed E-state index contributed by atoms with van der Waals surface area (Å²) in [5.74, 6) is -0.215.